The van der Waals surface area contributed by atoms with E-state index < -0.39 is 0 Å². The number of fused-ring (bicyclic) bond motifs is 3. The monoisotopic (exact) mass is 551 g/mol. The number of anilines is 1. The van der Waals surface area contributed by atoms with Crippen molar-refractivity contribution >= 4 is 5.82 Å². The molecule has 2 aliphatic rings. The standard InChI is InChI=1S/C34H29N7O/c35-18-32-37-15-11-31(40-32)39-26-12-16-41(17-13-26)21-23-6-8-25(9-7-23)34-33(24-4-2-1-3-5-24)29-22-42-30-20-36-14-10-27(30)28(29)19-38-34/h1-11,14-15,19-20,26H,12-13,16-17,21-22H2,(H,37,39,40). The van der Waals surface area contributed by atoms with Crippen molar-refractivity contribution in [1.82, 2.24) is 24.8 Å². The molecule has 0 saturated carbocycles. The van der Waals surface area contributed by atoms with Crippen LogP contribution in [0.5, 0.6) is 5.75 Å². The highest BCUT2D eigenvalue weighted by molar-refractivity contribution is 5.89. The molecule has 2 aromatic carbocycles. The lowest BCUT2D eigenvalue weighted by atomic mass is 9.89. The van der Waals surface area contributed by atoms with Crippen LogP contribution in [-0.4, -0.2) is 44.0 Å². The molecule has 5 aromatic rings. The van der Waals surface area contributed by atoms with Crippen molar-refractivity contribution < 1.29 is 4.74 Å². The molecule has 0 spiro atoms. The van der Waals surface area contributed by atoms with E-state index in [0.717, 1.165) is 77.3 Å². The molecule has 1 saturated heterocycles. The van der Waals surface area contributed by atoms with E-state index in [-0.39, 0.29) is 5.82 Å². The highest BCUT2D eigenvalue weighted by Gasteiger charge is 2.25. The van der Waals surface area contributed by atoms with Gasteiger partial charge in [0.25, 0.3) is 0 Å². The van der Waals surface area contributed by atoms with Gasteiger partial charge in [-0.3, -0.25) is 14.9 Å². The summed E-state index contributed by atoms with van der Waals surface area (Å²) in [5.41, 5.74) is 8.85. The first-order valence-electron chi connectivity index (χ1n) is 14.2. The minimum Gasteiger partial charge on any atom is -0.487 e. The number of hydrogen-bond donors (Lipinski definition) is 1. The fraction of sp³-hybridized carbons (Fsp3) is 0.206. The maximum Gasteiger partial charge on any atom is 0.234 e. The first-order valence-corrected chi connectivity index (χ1v) is 14.2. The zero-order chi connectivity index (χ0) is 28.3. The van der Waals surface area contributed by atoms with Crippen LogP contribution >= 0.6 is 0 Å². The van der Waals surface area contributed by atoms with Gasteiger partial charge in [0.2, 0.25) is 5.82 Å². The largest absolute Gasteiger partial charge is 0.487 e. The van der Waals surface area contributed by atoms with Gasteiger partial charge in [0.1, 0.15) is 24.2 Å². The second kappa shape index (κ2) is 11.4. The third kappa shape index (κ3) is 5.18. The molecular formula is C34H29N7O. The molecule has 8 heteroatoms. The van der Waals surface area contributed by atoms with Crippen LogP contribution in [0.15, 0.2) is 91.5 Å². The molecule has 7 rings (SSSR count). The van der Waals surface area contributed by atoms with Crippen LogP contribution < -0.4 is 10.1 Å². The molecule has 206 valence electrons. The fourth-order valence-electron chi connectivity index (χ4n) is 5.90. The Morgan fingerprint density at radius 3 is 2.52 bits per heavy atom. The summed E-state index contributed by atoms with van der Waals surface area (Å²) in [7, 11) is 0. The Labute approximate surface area is 244 Å². The molecule has 0 unspecified atom stereocenters. The Kier molecular flexibility index (Phi) is 7.00. The molecule has 0 aliphatic carbocycles. The molecular weight excluding hydrogens is 522 g/mol. The fourth-order valence-corrected chi connectivity index (χ4v) is 5.90. The van der Waals surface area contributed by atoms with Crippen LogP contribution in [0.4, 0.5) is 5.82 Å². The lowest BCUT2D eigenvalue weighted by molar-refractivity contribution is 0.211. The molecule has 1 N–H and O–H groups in total. The van der Waals surface area contributed by atoms with Crippen molar-refractivity contribution in [2.75, 3.05) is 18.4 Å². The molecule has 0 radical (unpaired) electrons. The molecule has 3 aromatic heterocycles. The predicted molar refractivity (Wildman–Crippen MR) is 161 cm³/mol. The average molecular weight is 552 g/mol. The molecule has 42 heavy (non-hydrogen) atoms. The van der Waals surface area contributed by atoms with E-state index in [2.05, 4.69) is 73.7 Å². The number of benzene rings is 2. The van der Waals surface area contributed by atoms with Gasteiger partial charge in [-0.1, -0.05) is 54.6 Å². The van der Waals surface area contributed by atoms with Crippen molar-refractivity contribution in [3.8, 4) is 45.3 Å². The van der Waals surface area contributed by atoms with E-state index in [4.69, 9.17) is 15.0 Å². The number of nitrogens with one attached hydrogen (secondary N) is 1. The lowest BCUT2D eigenvalue weighted by Crippen LogP contribution is -2.38. The van der Waals surface area contributed by atoms with Crippen molar-refractivity contribution in [1.29, 1.82) is 5.26 Å². The Hall–Kier alpha value is -5.13. The third-order valence-corrected chi connectivity index (χ3v) is 8.02. The summed E-state index contributed by atoms with van der Waals surface area (Å²) in [5.74, 6) is 1.71. The topological polar surface area (TPSA) is 99.9 Å². The predicted octanol–water partition coefficient (Wildman–Crippen LogP) is 6.11. The summed E-state index contributed by atoms with van der Waals surface area (Å²) < 4.78 is 6.14. The Morgan fingerprint density at radius 1 is 0.881 bits per heavy atom. The van der Waals surface area contributed by atoms with Crippen molar-refractivity contribution in [2.45, 2.75) is 32.0 Å². The molecule has 0 atom stereocenters. The van der Waals surface area contributed by atoms with E-state index in [1.165, 1.54) is 5.56 Å². The van der Waals surface area contributed by atoms with E-state index in [1.807, 2.05) is 30.5 Å². The minimum atomic E-state index is 0.193. The van der Waals surface area contributed by atoms with Gasteiger partial charge in [0, 0.05) is 72.1 Å². The molecule has 1 fully saturated rings. The summed E-state index contributed by atoms with van der Waals surface area (Å²) in [6, 6.07) is 25.4. The number of aromatic nitrogens is 4. The molecule has 8 nitrogen and oxygen atoms in total. The number of likely N-dealkylation sites (tertiary alicyclic amines) is 1. The number of rotatable bonds is 6. The van der Waals surface area contributed by atoms with Crippen molar-refractivity contribution in [3.63, 3.8) is 0 Å². The number of hydrogen-bond acceptors (Lipinski definition) is 8. The van der Waals surface area contributed by atoms with E-state index in [0.29, 0.717) is 18.5 Å². The summed E-state index contributed by atoms with van der Waals surface area (Å²) in [4.78, 5) is 19.9. The van der Waals surface area contributed by atoms with Gasteiger partial charge in [0.15, 0.2) is 0 Å². The van der Waals surface area contributed by atoms with Crippen molar-refractivity contribution in [3.05, 3.63) is 108 Å². The zero-order valence-corrected chi connectivity index (χ0v) is 23.1. The van der Waals surface area contributed by atoms with E-state index in [1.54, 1.807) is 18.6 Å². The number of piperidine rings is 1. The quantitative estimate of drug-likeness (QED) is 0.270. The van der Waals surface area contributed by atoms with E-state index in [9.17, 15) is 0 Å². The molecule has 0 amide bonds. The van der Waals surface area contributed by atoms with Gasteiger partial charge in [-0.25, -0.2) is 9.97 Å². The molecule has 0 bridgehead atoms. The van der Waals surface area contributed by atoms with E-state index >= 15 is 0 Å². The minimum absolute atomic E-state index is 0.193. The highest BCUT2D eigenvalue weighted by Crippen LogP contribution is 2.43. The first-order chi connectivity index (χ1) is 20.7. The first kappa shape index (κ1) is 25.8. The molecule has 2 aliphatic heterocycles. The van der Waals surface area contributed by atoms with Gasteiger partial charge in [0.05, 0.1) is 11.9 Å². The van der Waals surface area contributed by atoms with Gasteiger partial charge >= 0.3 is 0 Å². The average Bonchev–Trinajstić information content (AvgIpc) is 3.06. The van der Waals surface area contributed by atoms with Gasteiger partial charge in [-0.05, 0) is 36.1 Å². The maximum atomic E-state index is 9.05. The third-order valence-electron chi connectivity index (χ3n) is 8.02. The van der Waals surface area contributed by atoms with Crippen LogP contribution in [-0.2, 0) is 13.2 Å². The maximum absolute atomic E-state index is 9.05. The smallest absolute Gasteiger partial charge is 0.234 e. The zero-order valence-electron chi connectivity index (χ0n) is 23.1. The second-order valence-corrected chi connectivity index (χ2v) is 10.7. The summed E-state index contributed by atoms with van der Waals surface area (Å²) >= 11 is 0. The van der Waals surface area contributed by atoms with Crippen molar-refractivity contribution in [2.24, 2.45) is 0 Å². The van der Waals surface area contributed by atoms with Crippen LogP contribution in [0.3, 0.4) is 0 Å². The van der Waals surface area contributed by atoms with Gasteiger partial charge in [-0.2, -0.15) is 5.26 Å². The Bertz CT molecular complexity index is 1760. The van der Waals surface area contributed by atoms with Crippen LogP contribution in [0.25, 0.3) is 33.5 Å². The molecule has 5 heterocycles. The van der Waals surface area contributed by atoms with Crippen LogP contribution in [0.2, 0.25) is 0 Å². The lowest BCUT2D eigenvalue weighted by Gasteiger charge is -2.32. The summed E-state index contributed by atoms with van der Waals surface area (Å²) in [6.07, 6.45) is 9.21. The second-order valence-electron chi connectivity index (χ2n) is 10.7. The SMILES string of the molecule is N#Cc1nccc(NC2CCN(Cc3ccc(-c4ncc5c(c4-c4ccccc4)COc4cnccc4-5)cc3)CC2)n1. The van der Waals surface area contributed by atoms with Gasteiger partial charge in [-0.15, -0.1) is 0 Å². The highest BCUT2D eigenvalue weighted by atomic mass is 16.5. The van der Waals surface area contributed by atoms with Gasteiger partial charge < -0.3 is 10.1 Å². The van der Waals surface area contributed by atoms with Crippen LogP contribution in [0, 0.1) is 11.3 Å². The number of nitrogens with zero attached hydrogens (tertiary/aromatic N) is 6. The Morgan fingerprint density at radius 2 is 1.71 bits per heavy atom. The normalized spacial score (nSPS) is 14.7. The summed E-state index contributed by atoms with van der Waals surface area (Å²) in [5, 5.41) is 12.5. The summed E-state index contributed by atoms with van der Waals surface area (Å²) in [6.45, 7) is 3.38. The number of pyridine rings is 2. The number of ether oxygens (including phenoxy) is 1. The van der Waals surface area contributed by atoms with Crippen LogP contribution in [0.1, 0.15) is 29.8 Å². The number of nitriles is 1. The Balaban J connectivity index is 1.09.